The summed E-state index contributed by atoms with van der Waals surface area (Å²) >= 11 is 0. The second-order valence-corrected chi connectivity index (χ2v) is 13.6. The number of aromatic nitrogens is 3. The summed E-state index contributed by atoms with van der Waals surface area (Å²) in [6.45, 7) is 2.11. The van der Waals surface area contributed by atoms with Crippen LogP contribution in [0.15, 0.2) is 79.1 Å². The Bertz CT molecular complexity index is 2180. The van der Waals surface area contributed by atoms with Gasteiger partial charge in [-0.05, 0) is 60.2 Å². The van der Waals surface area contributed by atoms with Crippen molar-refractivity contribution in [2.45, 2.75) is 31.3 Å². The summed E-state index contributed by atoms with van der Waals surface area (Å²) in [6, 6.07) is 19.8. The molecule has 6 heterocycles. The highest BCUT2D eigenvalue weighted by Gasteiger charge is 2.48. The van der Waals surface area contributed by atoms with E-state index in [1.54, 1.807) is 34.1 Å². The minimum atomic E-state index is -0.615. The van der Waals surface area contributed by atoms with Crippen LogP contribution >= 0.6 is 0 Å². The van der Waals surface area contributed by atoms with Gasteiger partial charge in [-0.3, -0.25) is 14.4 Å². The predicted molar refractivity (Wildman–Crippen MR) is 189 cm³/mol. The minimum absolute atomic E-state index is 0.0202. The van der Waals surface area contributed by atoms with Crippen LogP contribution < -0.4 is 25.4 Å². The summed E-state index contributed by atoms with van der Waals surface area (Å²) in [7, 11) is 0. The van der Waals surface area contributed by atoms with Crippen molar-refractivity contribution in [1.82, 2.24) is 24.8 Å². The number of H-pyrrole nitrogens is 1. The molecule has 2 fully saturated rings. The Morgan fingerprint density at radius 3 is 2.55 bits per heavy atom. The molecule has 0 radical (unpaired) electrons. The van der Waals surface area contributed by atoms with Crippen molar-refractivity contribution in [3.63, 3.8) is 0 Å². The van der Waals surface area contributed by atoms with Gasteiger partial charge in [-0.15, -0.1) is 0 Å². The number of nitrogen functional groups attached to an aromatic ring is 1. The molecule has 258 valence electrons. The fourth-order valence-electron chi connectivity index (χ4n) is 7.94. The lowest BCUT2D eigenvalue weighted by Gasteiger charge is -2.48. The van der Waals surface area contributed by atoms with Crippen molar-refractivity contribution in [1.29, 1.82) is 0 Å². The number of ether oxygens (including phenoxy) is 2. The lowest BCUT2D eigenvalue weighted by molar-refractivity contribution is -0.159. The standard InChI is InChI=1S/C38H36N8O5/c39-27-6-2-4-8-29(27)43-36(48)24-17-40-38(41-18-24)44-13-11-22(12-14-44)19-45-20-33(47)46-30(37(45)49)16-26-25-5-1-3-7-28(25)42-34(26)35(46)23-9-10-31-32(15-23)51-21-50-31/h1-10,15,17-18,22,30,35,42H,11-14,16,19-21,39H2,(H,43,48)/t30-,35-/m1/s1. The zero-order chi connectivity index (χ0) is 34.6. The Kier molecular flexibility index (Phi) is 7.48. The number of benzene rings is 3. The Balaban J connectivity index is 0.890. The van der Waals surface area contributed by atoms with E-state index in [-0.39, 0.29) is 37.0 Å². The van der Waals surface area contributed by atoms with Crippen molar-refractivity contribution in [3.8, 4) is 11.5 Å². The molecule has 0 saturated carbocycles. The van der Waals surface area contributed by atoms with Gasteiger partial charge in [-0.25, -0.2) is 9.97 Å². The minimum Gasteiger partial charge on any atom is -0.454 e. The van der Waals surface area contributed by atoms with E-state index in [1.165, 1.54) is 12.4 Å². The molecule has 0 aliphatic carbocycles. The molecule has 51 heavy (non-hydrogen) atoms. The van der Waals surface area contributed by atoms with Crippen LogP contribution in [0.2, 0.25) is 0 Å². The van der Waals surface area contributed by atoms with Crippen LogP contribution in [-0.2, 0) is 16.0 Å². The van der Waals surface area contributed by atoms with Crippen LogP contribution in [0, 0.1) is 5.92 Å². The van der Waals surface area contributed by atoms with E-state index in [4.69, 9.17) is 15.2 Å². The third-order valence-corrected chi connectivity index (χ3v) is 10.5. The number of rotatable bonds is 6. The number of anilines is 3. The number of piperazine rings is 1. The maximum absolute atomic E-state index is 14.3. The van der Waals surface area contributed by atoms with Gasteiger partial charge in [0.25, 0.3) is 5.91 Å². The van der Waals surface area contributed by atoms with Gasteiger partial charge in [0, 0.05) is 55.0 Å². The zero-order valence-electron chi connectivity index (χ0n) is 27.7. The molecule has 0 bridgehead atoms. The third-order valence-electron chi connectivity index (χ3n) is 10.5. The second kappa shape index (κ2) is 12.3. The molecule has 0 unspecified atom stereocenters. The summed E-state index contributed by atoms with van der Waals surface area (Å²) in [5.74, 6) is 1.65. The molecule has 3 aromatic carbocycles. The average molecular weight is 685 g/mol. The highest BCUT2D eigenvalue weighted by atomic mass is 16.7. The van der Waals surface area contributed by atoms with E-state index in [2.05, 4.69) is 31.2 Å². The Morgan fingerprint density at radius 2 is 1.73 bits per heavy atom. The molecule has 13 nitrogen and oxygen atoms in total. The monoisotopic (exact) mass is 684 g/mol. The predicted octanol–water partition coefficient (Wildman–Crippen LogP) is 4.12. The molecule has 13 heteroatoms. The van der Waals surface area contributed by atoms with E-state index >= 15 is 0 Å². The van der Waals surface area contributed by atoms with Crippen LogP contribution in [0.4, 0.5) is 17.3 Å². The molecule has 4 aliphatic heterocycles. The maximum atomic E-state index is 14.3. The van der Waals surface area contributed by atoms with Crippen LogP contribution in [0.5, 0.6) is 11.5 Å². The second-order valence-electron chi connectivity index (χ2n) is 13.6. The van der Waals surface area contributed by atoms with Gasteiger partial charge in [-0.1, -0.05) is 36.4 Å². The summed E-state index contributed by atoms with van der Waals surface area (Å²) in [4.78, 5) is 59.3. The molecule has 9 rings (SSSR count). The van der Waals surface area contributed by atoms with Gasteiger partial charge in [0.2, 0.25) is 24.6 Å². The first kappa shape index (κ1) is 30.9. The number of aromatic amines is 1. The largest absolute Gasteiger partial charge is 0.454 e. The van der Waals surface area contributed by atoms with Crippen molar-refractivity contribution >= 4 is 45.9 Å². The normalized spacial score (nSPS) is 20.0. The van der Waals surface area contributed by atoms with E-state index in [0.29, 0.717) is 60.4 Å². The molecule has 0 spiro atoms. The summed E-state index contributed by atoms with van der Waals surface area (Å²) in [5, 5.41) is 3.87. The Morgan fingerprint density at radius 1 is 0.961 bits per heavy atom. The van der Waals surface area contributed by atoms with Crippen LogP contribution in [0.25, 0.3) is 10.9 Å². The lowest BCUT2D eigenvalue weighted by atomic mass is 9.85. The van der Waals surface area contributed by atoms with E-state index < -0.39 is 12.1 Å². The smallest absolute Gasteiger partial charge is 0.258 e. The molecule has 2 aromatic heterocycles. The van der Waals surface area contributed by atoms with E-state index in [1.807, 2.05) is 36.4 Å². The van der Waals surface area contributed by atoms with Gasteiger partial charge in [-0.2, -0.15) is 0 Å². The van der Waals surface area contributed by atoms with Crippen molar-refractivity contribution in [2.24, 2.45) is 5.92 Å². The number of piperidine rings is 1. The fraction of sp³-hybridized carbons (Fsp3) is 0.289. The first-order valence-corrected chi connectivity index (χ1v) is 17.2. The topological polar surface area (TPSA) is 159 Å². The number of fused-ring (bicyclic) bond motifs is 5. The lowest BCUT2D eigenvalue weighted by Crippen LogP contribution is -2.63. The van der Waals surface area contributed by atoms with Gasteiger partial charge >= 0.3 is 0 Å². The van der Waals surface area contributed by atoms with Gasteiger partial charge in [0.15, 0.2) is 11.5 Å². The first-order valence-electron chi connectivity index (χ1n) is 17.2. The van der Waals surface area contributed by atoms with Gasteiger partial charge < -0.3 is 40.2 Å². The number of amides is 3. The molecule has 2 saturated heterocycles. The molecular weight excluding hydrogens is 648 g/mol. The molecular formula is C38H36N8O5. The van der Waals surface area contributed by atoms with Crippen LogP contribution in [0.1, 0.15) is 46.1 Å². The molecule has 4 N–H and O–H groups in total. The number of para-hydroxylation sites is 3. The number of nitrogens with two attached hydrogens (primary N) is 1. The van der Waals surface area contributed by atoms with Crippen molar-refractivity contribution < 1.29 is 23.9 Å². The Hall–Kier alpha value is -6.11. The maximum Gasteiger partial charge on any atom is 0.258 e. The van der Waals surface area contributed by atoms with Gasteiger partial charge in [0.05, 0.1) is 29.5 Å². The van der Waals surface area contributed by atoms with Crippen LogP contribution in [-0.4, -0.2) is 81.5 Å². The highest BCUT2D eigenvalue weighted by molar-refractivity contribution is 6.05. The number of carbonyl (C=O) groups excluding carboxylic acids is 3. The average Bonchev–Trinajstić information content (AvgIpc) is 3.78. The quantitative estimate of drug-likeness (QED) is 0.224. The van der Waals surface area contributed by atoms with Gasteiger partial charge in [0.1, 0.15) is 6.04 Å². The van der Waals surface area contributed by atoms with E-state index in [9.17, 15) is 14.4 Å². The summed E-state index contributed by atoms with van der Waals surface area (Å²) < 4.78 is 11.3. The number of carbonyl (C=O) groups is 3. The van der Waals surface area contributed by atoms with Crippen molar-refractivity contribution in [2.75, 3.05) is 48.9 Å². The third kappa shape index (κ3) is 5.45. The number of hydrogen-bond acceptors (Lipinski definition) is 9. The number of hydrogen-bond donors (Lipinski definition) is 3. The summed E-state index contributed by atoms with van der Waals surface area (Å²) in [5.41, 5.74) is 11.2. The van der Waals surface area contributed by atoms with Crippen LogP contribution in [0.3, 0.4) is 0 Å². The first-order chi connectivity index (χ1) is 24.9. The Labute approximate surface area is 293 Å². The molecule has 3 amide bonds. The van der Waals surface area contributed by atoms with Crippen molar-refractivity contribution in [3.05, 3.63) is 102 Å². The zero-order valence-corrected chi connectivity index (χ0v) is 27.7. The number of nitrogens with zero attached hydrogens (tertiary/aromatic N) is 5. The fourth-order valence-corrected chi connectivity index (χ4v) is 7.94. The summed E-state index contributed by atoms with van der Waals surface area (Å²) in [6.07, 6.45) is 5.12. The highest BCUT2D eigenvalue weighted by Crippen LogP contribution is 2.45. The molecule has 4 aliphatic rings. The SMILES string of the molecule is Nc1ccccc1NC(=O)c1cnc(N2CCC(CN3CC(=O)N4[C@H](c5ccc6c(c5)OCO6)c5[nH]c6ccccc6c5C[C@@H]4C3=O)CC2)nc1. The van der Waals surface area contributed by atoms with E-state index in [0.717, 1.165) is 40.6 Å². The molecule has 2 atom stereocenters. The number of nitrogens with one attached hydrogen (secondary N) is 2. The molecule has 5 aromatic rings.